The van der Waals surface area contributed by atoms with Crippen molar-refractivity contribution < 1.29 is 14.7 Å². The first-order chi connectivity index (χ1) is 10.0. The van der Waals surface area contributed by atoms with Gasteiger partial charge in [-0.2, -0.15) is 0 Å². The van der Waals surface area contributed by atoms with Crippen LogP contribution in [0.2, 0.25) is 0 Å². The first-order valence-corrected chi connectivity index (χ1v) is 7.56. The van der Waals surface area contributed by atoms with Crippen molar-refractivity contribution in [1.82, 2.24) is 4.90 Å². The Balaban J connectivity index is 2.54. The van der Waals surface area contributed by atoms with Gasteiger partial charge >= 0.3 is 5.97 Å². The van der Waals surface area contributed by atoms with Crippen LogP contribution in [0.3, 0.4) is 0 Å². The van der Waals surface area contributed by atoms with Gasteiger partial charge in [-0.15, -0.1) is 0 Å². The molecule has 4 heteroatoms. The Morgan fingerprint density at radius 2 is 2.00 bits per heavy atom. The van der Waals surface area contributed by atoms with Gasteiger partial charge in [-0.3, -0.25) is 4.79 Å². The first kappa shape index (κ1) is 15.5. The average molecular weight is 289 g/mol. The number of carboxylic acids is 1. The van der Waals surface area contributed by atoms with Gasteiger partial charge in [-0.1, -0.05) is 43.2 Å². The monoisotopic (exact) mass is 289 g/mol. The van der Waals surface area contributed by atoms with Crippen molar-refractivity contribution in [3.63, 3.8) is 0 Å². The van der Waals surface area contributed by atoms with Gasteiger partial charge in [0.25, 0.3) is 0 Å². The fourth-order valence-corrected chi connectivity index (χ4v) is 3.64. The Kier molecular flexibility index (Phi) is 4.66. The van der Waals surface area contributed by atoms with Crippen LogP contribution in [0.5, 0.6) is 0 Å². The maximum absolute atomic E-state index is 12.2. The van der Waals surface area contributed by atoms with E-state index in [1.807, 2.05) is 44.2 Å². The third kappa shape index (κ3) is 2.67. The Bertz CT molecular complexity index is 500. The second-order valence-corrected chi connectivity index (χ2v) is 6.04. The summed E-state index contributed by atoms with van der Waals surface area (Å²) in [7, 11) is 0. The molecule has 1 fully saturated rings. The third-order valence-electron chi connectivity index (χ3n) is 4.58. The van der Waals surface area contributed by atoms with Gasteiger partial charge in [0, 0.05) is 12.0 Å². The van der Waals surface area contributed by atoms with Gasteiger partial charge in [0.05, 0.1) is 0 Å². The Labute approximate surface area is 125 Å². The number of carbonyl (C=O) groups excluding carboxylic acids is 1. The summed E-state index contributed by atoms with van der Waals surface area (Å²) in [5.41, 5.74) is -0.123. The molecule has 0 aliphatic heterocycles. The van der Waals surface area contributed by atoms with Crippen LogP contribution in [-0.4, -0.2) is 34.0 Å². The lowest BCUT2D eigenvalue weighted by Gasteiger charge is -2.48. The van der Waals surface area contributed by atoms with Gasteiger partial charge in [0.1, 0.15) is 5.54 Å². The average Bonchev–Trinajstić information content (AvgIpc) is 2.48. The van der Waals surface area contributed by atoms with Gasteiger partial charge in [-0.05, 0) is 32.3 Å². The fourth-order valence-electron chi connectivity index (χ4n) is 3.64. The van der Waals surface area contributed by atoms with E-state index in [9.17, 15) is 14.7 Å². The van der Waals surface area contributed by atoms with Gasteiger partial charge in [0.15, 0.2) is 0 Å². The number of benzene rings is 1. The van der Waals surface area contributed by atoms with Crippen molar-refractivity contribution in [3.05, 3.63) is 35.9 Å². The highest BCUT2D eigenvalue weighted by atomic mass is 16.4. The van der Waals surface area contributed by atoms with E-state index in [1.165, 1.54) is 4.90 Å². The van der Waals surface area contributed by atoms with Crippen LogP contribution < -0.4 is 0 Å². The molecule has 2 rings (SSSR count). The zero-order valence-electron chi connectivity index (χ0n) is 12.7. The maximum Gasteiger partial charge on any atom is 0.330 e. The largest absolute Gasteiger partial charge is 0.479 e. The molecule has 2 atom stereocenters. The van der Waals surface area contributed by atoms with E-state index >= 15 is 0 Å². The van der Waals surface area contributed by atoms with Crippen LogP contribution in [-0.2, 0) is 9.59 Å². The summed E-state index contributed by atoms with van der Waals surface area (Å²) in [6.07, 6.45) is 3.86. The van der Waals surface area contributed by atoms with Crippen molar-refractivity contribution >= 4 is 12.4 Å². The number of carboxylic acid groups (broad SMARTS) is 1. The van der Waals surface area contributed by atoms with Gasteiger partial charge in [0.2, 0.25) is 6.41 Å². The van der Waals surface area contributed by atoms with Crippen LogP contribution in [0.4, 0.5) is 0 Å². The van der Waals surface area contributed by atoms with Crippen molar-refractivity contribution in [3.8, 4) is 0 Å². The molecule has 0 saturated heterocycles. The Morgan fingerprint density at radius 3 is 2.52 bits per heavy atom. The van der Waals surface area contributed by atoms with Crippen molar-refractivity contribution in [1.29, 1.82) is 0 Å². The number of hydrogen-bond donors (Lipinski definition) is 1. The van der Waals surface area contributed by atoms with Gasteiger partial charge < -0.3 is 10.0 Å². The minimum atomic E-state index is -1.13. The molecule has 1 aliphatic carbocycles. The molecule has 1 aliphatic rings. The second-order valence-electron chi connectivity index (χ2n) is 6.04. The molecule has 0 radical (unpaired) electrons. The minimum Gasteiger partial charge on any atom is -0.479 e. The lowest BCUT2D eigenvalue weighted by atomic mass is 9.68. The number of aliphatic carboxylic acids is 1. The molecule has 1 amide bonds. The third-order valence-corrected chi connectivity index (χ3v) is 4.58. The molecule has 0 bridgehead atoms. The second kappa shape index (κ2) is 6.29. The number of carbonyl (C=O) groups is 2. The van der Waals surface area contributed by atoms with E-state index < -0.39 is 11.5 Å². The Hall–Kier alpha value is -1.84. The molecular formula is C17H23NO3. The van der Waals surface area contributed by atoms with Crippen molar-refractivity contribution in [2.24, 2.45) is 0 Å². The molecule has 114 valence electrons. The quantitative estimate of drug-likeness (QED) is 0.848. The minimum absolute atomic E-state index is 0.136. The van der Waals surface area contributed by atoms with E-state index in [0.717, 1.165) is 24.8 Å². The SMILES string of the molecule is CC(C)N(C=O)C1(C(=O)O)CCCCC1c1ccccc1. The summed E-state index contributed by atoms with van der Waals surface area (Å²) >= 11 is 0. The zero-order valence-corrected chi connectivity index (χ0v) is 12.7. The van der Waals surface area contributed by atoms with E-state index in [1.54, 1.807) is 0 Å². The Morgan fingerprint density at radius 1 is 1.33 bits per heavy atom. The highest BCUT2D eigenvalue weighted by Gasteiger charge is 2.52. The summed E-state index contributed by atoms with van der Waals surface area (Å²) in [6.45, 7) is 3.74. The molecule has 0 aromatic heterocycles. The molecule has 1 aromatic rings. The molecule has 0 heterocycles. The van der Waals surface area contributed by atoms with E-state index in [4.69, 9.17) is 0 Å². The maximum atomic E-state index is 12.2. The molecule has 4 nitrogen and oxygen atoms in total. The van der Waals surface area contributed by atoms with Crippen LogP contribution >= 0.6 is 0 Å². The smallest absolute Gasteiger partial charge is 0.330 e. The zero-order chi connectivity index (χ0) is 15.5. The fraction of sp³-hybridized carbons (Fsp3) is 0.529. The summed E-state index contributed by atoms with van der Waals surface area (Å²) in [6, 6.07) is 9.58. The predicted molar refractivity (Wildman–Crippen MR) is 81.1 cm³/mol. The van der Waals surface area contributed by atoms with Crippen LogP contribution in [0.15, 0.2) is 30.3 Å². The van der Waals surface area contributed by atoms with E-state index in [2.05, 4.69) is 0 Å². The van der Waals surface area contributed by atoms with Crippen molar-refractivity contribution in [2.45, 2.75) is 57.0 Å². The summed E-state index contributed by atoms with van der Waals surface area (Å²) < 4.78 is 0. The van der Waals surface area contributed by atoms with Crippen LogP contribution in [0.1, 0.15) is 51.0 Å². The topological polar surface area (TPSA) is 57.6 Å². The van der Waals surface area contributed by atoms with E-state index in [0.29, 0.717) is 12.8 Å². The first-order valence-electron chi connectivity index (χ1n) is 7.56. The van der Waals surface area contributed by atoms with E-state index in [-0.39, 0.29) is 12.0 Å². The van der Waals surface area contributed by atoms with Crippen molar-refractivity contribution in [2.75, 3.05) is 0 Å². The lowest BCUT2D eigenvalue weighted by molar-refractivity contribution is -0.161. The van der Waals surface area contributed by atoms with Gasteiger partial charge in [-0.25, -0.2) is 4.79 Å². The highest BCUT2D eigenvalue weighted by molar-refractivity contribution is 5.83. The molecule has 2 unspecified atom stereocenters. The van der Waals surface area contributed by atoms with Crippen LogP contribution in [0, 0.1) is 0 Å². The lowest BCUT2D eigenvalue weighted by Crippen LogP contribution is -2.61. The predicted octanol–water partition coefficient (Wildman–Crippen LogP) is 3.03. The molecule has 21 heavy (non-hydrogen) atoms. The number of nitrogens with zero attached hydrogens (tertiary/aromatic N) is 1. The summed E-state index contributed by atoms with van der Waals surface area (Å²) in [5.74, 6) is -1.05. The molecular weight excluding hydrogens is 266 g/mol. The summed E-state index contributed by atoms with van der Waals surface area (Å²) in [4.78, 5) is 25.3. The molecule has 0 spiro atoms. The number of rotatable bonds is 5. The molecule has 1 aromatic carbocycles. The highest BCUT2D eigenvalue weighted by Crippen LogP contribution is 2.45. The number of amides is 1. The standard InChI is InChI=1S/C17H23NO3/c1-13(2)18(12-19)17(16(20)21)11-7-6-10-15(17)14-8-4-3-5-9-14/h3-5,8-9,12-13,15H,6-7,10-11H2,1-2H3,(H,20,21). The van der Waals surface area contributed by atoms with Crippen LogP contribution in [0.25, 0.3) is 0 Å². The number of hydrogen-bond acceptors (Lipinski definition) is 2. The summed E-state index contributed by atoms with van der Waals surface area (Å²) in [5, 5.41) is 9.97. The molecule has 1 saturated carbocycles. The molecule has 1 N–H and O–H groups in total. The normalized spacial score (nSPS) is 25.6.